The van der Waals surface area contributed by atoms with Gasteiger partial charge in [0.05, 0.1) is 6.61 Å². The predicted octanol–water partition coefficient (Wildman–Crippen LogP) is 1.29. The number of carbonyl (C=O) groups is 1. The van der Waals surface area contributed by atoms with Crippen LogP contribution in [0.5, 0.6) is 0 Å². The van der Waals surface area contributed by atoms with Gasteiger partial charge in [-0.2, -0.15) is 0 Å². The van der Waals surface area contributed by atoms with Crippen molar-refractivity contribution in [3.63, 3.8) is 0 Å². The van der Waals surface area contributed by atoms with Crippen LogP contribution in [0.1, 0.15) is 31.0 Å². The number of aryl methyl sites for hydroxylation is 1. The lowest BCUT2D eigenvalue weighted by Crippen LogP contribution is -2.21. The molecular weight excluding hydrogens is 206 g/mol. The van der Waals surface area contributed by atoms with Gasteiger partial charge in [0.15, 0.2) is 0 Å². The molecule has 0 fully saturated rings. The molecule has 2 heterocycles. The van der Waals surface area contributed by atoms with Crippen LogP contribution in [-0.2, 0) is 16.0 Å². The maximum Gasteiger partial charge on any atom is 0.293 e. The molecule has 1 aliphatic heterocycles. The van der Waals surface area contributed by atoms with Crippen molar-refractivity contribution in [2.75, 3.05) is 6.61 Å². The zero-order chi connectivity index (χ0) is 11.4. The van der Waals surface area contributed by atoms with Crippen molar-refractivity contribution in [1.29, 1.82) is 0 Å². The van der Waals surface area contributed by atoms with Gasteiger partial charge >= 0.3 is 0 Å². The molecule has 0 saturated carbocycles. The molecule has 0 bridgehead atoms. The highest BCUT2D eigenvalue weighted by molar-refractivity contribution is 5.36. The van der Waals surface area contributed by atoms with Crippen LogP contribution >= 0.6 is 0 Å². The van der Waals surface area contributed by atoms with E-state index in [1.165, 1.54) is 0 Å². The number of fused-ring (bicyclic) bond motifs is 1. The third-order valence-corrected chi connectivity index (χ3v) is 3.04. The Hall–Kier alpha value is -1.58. The second kappa shape index (κ2) is 4.96. The highest BCUT2D eigenvalue weighted by Crippen LogP contribution is 2.26. The topological polar surface area (TPSA) is 48.3 Å². The number of rotatable bonds is 5. The van der Waals surface area contributed by atoms with Crippen molar-refractivity contribution in [3.8, 4) is 0 Å². The van der Waals surface area contributed by atoms with Gasteiger partial charge in [0.2, 0.25) is 0 Å². The van der Waals surface area contributed by atoms with E-state index >= 15 is 0 Å². The maximum absolute atomic E-state index is 11.7. The average Bonchev–Trinajstić information content (AvgIpc) is 2.69. The molecule has 4 heteroatoms. The lowest BCUT2D eigenvalue weighted by atomic mass is 10.1. The molecule has 0 amide bonds. The highest BCUT2D eigenvalue weighted by Gasteiger charge is 2.21. The van der Waals surface area contributed by atoms with Crippen LogP contribution in [0.4, 0.5) is 0 Å². The zero-order valence-corrected chi connectivity index (χ0v) is 9.09. The summed E-state index contributed by atoms with van der Waals surface area (Å²) >= 11 is 0. The van der Waals surface area contributed by atoms with Crippen molar-refractivity contribution in [2.24, 2.45) is 0 Å². The molecule has 1 aromatic heterocycles. The van der Waals surface area contributed by atoms with E-state index in [-0.39, 0.29) is 11.6 Å². The molecule has 0 saturated heterocycles. The lowest BCUT2D eigenvalue weighted by molar-refractivity contribution is -0.128. The Morgan fingerprint density at radius 2 is 2.38 bits per heavy atom. The number of ether oxygens (including phenoxy) is 1. The average molecular weight is 221 g/mol. The molecule has 2 rings (SSSR count). The first-order valence-corrected chi connectivity index (χ1v) is 5.58. The summed E-state index contributed by atoms with van der Waals surface area (Å²) in [5.74, 6) is 0. The predicted molar refractivity (Wildman–Crippen MR) is 59.3 cm³/mol. The molecule has 16 heavy (non-hydrogen) atoms. The summed E-state index contributed by atoms with van der Waals surface area (Å²) in [7, 11) is 0. The Balaban J connectivity index is 2.00. The van der Waals surface area contributed by atoms with Crippen LogP contribution in [0, 0.1) is 0 Å². The van der Waals surface area contributed by atoms with Gasteiger partial charge in [0.25, 0.3) is 12.0 Å². The summed E-state index contributed by atoms with van der Waals surface area (Å²) < 4.78 is 6.52. The van der Waals surface area contributed by atoms with Crippen molar-refractivity contribution < 1.29 is 9.53 Å². The van der Waals surface area contributed by atoms with Gasteiger partial charge < -0.3 is 9.30 Å². The van der Waals surface area contributed by atoms with E-state index in [1.807, 2.05) is 16.7 Å². The molecule has 1 unspecified atom stereocenters. The summed E-state index contributed by atoms with van der Waals surface area (Å²) in [5, 5.41) is 0. The second-order valence-corrected chi connectivity index (χ2v) is 4.03. The molecule has 1 atom stereocenters. The summed E-state index contributed by atoms with van der Waals surface area (Å²) in [6.07, 6.45) is 3.69. The van der Waals surface area contributed by atoms with E-state index in [0.717, 1.165) is 31.4 Å². The standard InChI is InChI=1S/C12H15NO3/c14-9-16-8-2-4-11-7-6-10-3-1-5-12(15)13(10)11/h1,3,5,9,11H,2,4,6-8H2. The van der Waals surface area contributed by atoms with E-state index < -0.39 is 0 Å². The number of aromatic nitrogens is 1. The van der Waals surface area contributed by atoms with Gasteiger partial charge in [-0.05, 0) is 31.7 Å². The quantitative estimate of drug-likeness (QED) is 0.556. The SMILES string of the molecule is O=COCCCC1CCc2cccc(=O)n21. The van der Waals surface area contributed by atoms with Crippen LogP contribution < -0.4 is 5.56 Å². The maximum atomic E-state index is 11.7. The number of nitrogens with zero attached hydrogens (tertiary/aromatic N) is 1. The molecule has 0 N–H and O–H groups in total. The molecule has 0 spiro atoms. The largest absolute Gasteiger partial charge is 0.468 e. The highest BCUT2D eigenvalue weighted by atomic mass is 16.5. The van der Waals surface area contributed by atoms with Gasteiger partial charge in [0, 0.05) is 17.8 Å². The summed E-state index contributed by atoms with van der Waals surface area (Å²) in [6.45, 7) is 0.908. The van der Waals surface area contributed by atoms with Crippen molar-refractivity contribution >= 4 is 6.47 Å². The fraction of sp³-hybridized carbons (Fsp3) is 0.500. The van der Waals surface area contributed by atoms with Gasteiger partial charge in [0.1, 0.15) is 0 Å². The fourth-order valence-electron chi connectivity index (χ4n) is 2.33. The summed E-state index contributed by atoms with van der Waals surface area (Å²) in [5.41, 5.74) is 1.20. The van der Waals surface area contributed by atoms with Crippen molar-refractivity contribution in [3.05, 3.63) is 34.2 Å². The molecule has 0 radical (unpaired) electrons. The van der Waals surface area contributed by atoms with Gasteiger partial charge in [-0.3, -0.25) is 9.59 Å². The van der Waals surface area contributed by atoms with E-state index in [0.29, 0.717) is 13.1 Å². The fourth-order valence-corrected chi connectivity index (χ4v) is 2.33. The number of hydrogen-bond acceptors (Lipinski definition) is 3. The Kier molecular flexibility index (Phi) is 3.39. The van der Waals surface area contributed by atoms with Crippen LogP contribution in [-0.4, -0.2) is 17.6 Å². The van der Waals surface area contributed by atoms with E-state index in [9.17, 15) is 9.59 Å². The zero-order valence-electron chi connectivity index (χ0n) is 9.09. The van der Waals surface area contributed by atoms with E-state index in [1.54, 1.807) is 6.07 Å². The smallest absolute Gasteiger partial charge is 0.293 e. The minimum atomic E-state index is 0.0799. The molecule has 1 aliphatic rings. The first-order valence-electron chi connectivity index (χ1n) is 5.58. The van der Waals surface area contributed by atoms with Gasteiger partial charge in [-0.25, -0.2) is 0 Å². The normalized spacial score (nSPS) is 18.1. The second-order valence-electron chi connectivity index (χ2n) is 4.03. The third-order valence-electron chi connectivity index (χ3n) is 3.04. The molecule has 4 nitrogen and oxygen atoms in total. The third kappa shape index (κ3) is 2.15. The van der Waals surface area contributed by atoms with E-state index in [2.05, 4.69) is 4.74 Å². The summed E-state index contributed by atoms with van der Waals surface area (Å²) in [4.78, 5) is 21.7. The van der Waals surface area contributed by atoms with E-state index in [4.69, 9.17) is 0 Å². The Bertz CT molecular complexity index is 425. The monoisotopic (exact) mass is 221 g/mol. The van der Waals surface area contributed by atoms with Crippen LogP contribution in [0.2, 0.25) is 0 Å². The lowest BCUT2D eigenvalue weighted by Gasteiger charge is -2.13. The van der Waals surface area contributed by atoms with Crippen LogP contribution in [0.3, 0.4) is 0 Å². The van der Waals surface area contributed by atoms with Crippen LogP contribution in [0.15, 0.2) is 23.0 Å². The van der Waals surface area contributed by atoms with Crippen molar-refractivity contribution in [1.82, 2.24) is 4.57 Å². The number of hydrogen-bond donors (Lipinski definition) is 0. The molecule has 0 aromatic carbocycles. The Morgan fingerprint density at radius 1 is 1.50 bits per heavy atom. The molecule has 1 aromatic rings. The van der Waals surface area contributed by atoms with Crippen LogP contribution in [0.25, 0.3) is 0 Å². The first kappa shape index (κ1) is 10.9. The molecular formula is C12H15NO3. The van der Waals surface area contributed by atoms with Gasteiger partial charge in [-0.1, -0.05) is 6.07 Å². The number of carbonyl (C=O) groups excluding carboxylic acids is 1. The Labute approximate surface area is 93.8 Å². The molecule has 0 aliphatic carbocycles. The minimum absolute atomic E-state index is 0.0799. The Morgan fingerprint density at radius 3 is 3.19 bits per heavy atom. The summed E-state index contributed by atoms with van der Waals surface area (Å²) in [6, 6.07) is 5.69. The number of pyridine rings is 1. The van der Waals surface area contributed by atoms with Crippen molar-refractivity contribution in [2.45, 2.75) is 31.7 Å². The van der Waals surface area contributed by atoms with Gasteiger partial charge in [-0.15, -0.1) is 0 Å². The minimum Gasteiger partial charge on any atom is -0.468 e. The molecule has 86 valence electrons. The first-order chi connectivity index (χ1) is 7.83.